The molecule has 0 bridgehead atoms. The second-order valence-electron chi connectivity index (χ2n) is 7.85. The van der Waals surface area contributed by atoms with Crippen LogP contribution in [-0.4, -0.2) is 69.8 Å². The molecule has 11 nitrogen and oxygen atoms in total. The highest BCUT2D eigenvalue weighted by molar-refractivity contribution is 7.80. The molecule has 0 heterocycles. The van der Waals surface area contributed by atoms with E-state index in [0.29, 0.717) is 6.42 Å². The summed E-state index contributed by atoms with van der Waals surface area (Å²) in [6, 6.07) is -4.65. The van der Waals surface area contributed by atoms with Crippen molar-refractivity contribution in [2.75, 3.05) is 5.75 Å². The minimum Gasteiger partial charge on any atom is -0.481 e. The van der Waals surface area contributed by atoms with E-state index in [4.69, 9.17) is 15.9 Å². The van der Waals surface area contributed by atoms with Crippen molar-refractivity contribution < 1.29 is 34.2 Å². The van der Waals surface area contributed by atoms with Crippen molar-refractivity contribution in [3.05, 3.63) is 0 Å². The molecule has 0 fully saturated rings. The minimum absolute atomic E-state index is 0.0109. The van der Waals surface area contributed by atoms with Crippen molar-refractivity contribution in [3.8, 4) is 0 Å². The number of nitrogens with two attached hydrogens (primary N) is 1. The summed E-state index contributed by atoms with van der Waals surface area (Å²) in [5.41, 5.74) is 5.56. The van der Waals surface area contributed by atoms with Gasteiger partial charge in [-0.05, 0) is 18.3 Å². The predicted octanol–water partition coefficient (Wildman–Crippen LogP) is -0.651. The molecule has 0 radical (unpaired) electrons. The molecule has 7 N–H and O–H groups in total. The topological polar surface area (TPSA) is 188 Å². The van der Waals surface area contributed by atoms with Gasteiger partial charge >= 0.3 is 11.9 Å². The molecule has 12 heteroatoms. The highest BCUT2D eigenvalue weighted by atomic mass is 32.1. The van der Waals surface area contributed by atoms with Crippen molar-refractivity contribution in [2.45, 2.75) is 71.1 Å². The second kappa shape index (κ2) is 13.9. The fraction of sp³-hybridized carbons (Fsp3) is 0.737. The van der Waals surface area contributed by atoms with E-state index in [2.05, 4.69) is 28.6 Å². The van der Waals surface area contributed by atoms with Crippen LogP contribution in [0.4, 0.5) is 0 Å². The van der Waals surface area contributed by atoms with Crippen molar-refractivity contribution >= 4 is 42.3 Å². The van der Waals surface area contributed by atoms with E-state index in [1.54, 1.807) is 6.92 Å². The summed E-state index contributed by atoms with van der Waals surface area (Å²) in [5.74, 6) is -5.10. The van der Waals surface area contributed by atoms with E-state index in [9.17, 15) is 24.0 Å². The zero-order chi connectivity index (χ0) is 24.3. The highest BCUT2D eigenvalue weighted by Gasteiger charge is 2.32. The Balaban J connectivity index is 5.48. The second-order valence-corrected chi connectivity index (χ2v) is 8.21. The predicted molar refractivity (Wildman–Crippen MR) is 116 cm³/mol. The first-order valence-corrected chi connectivity index (χ1v) is 10.7. The van der Waals surface area contributed by atoms with Crippen LogP contribution in [0.1, 0.15) is 47.0 Å². The SMILES string of the molecule is CCC(C)C(NC(=O)C(CC(C)C)NC(=O)C(N)CC(=O)O)C(=O)NC(CS)C(=O)O. The Hall–Kier alpha value is -2.34. The number of carboxylic acid groups (broad SMARTS) is 2. The average molecular weight is 463 g/mol. The molecule has 0 aliphatic carbocycles. The molecule has 31 heavy (non-hydrogen) atoms. The molecular weight excluding hydrogens is 428 g/mol. The fourth-order valence-electron chi connectivity index (χ4n) is 2.67. The van der Waals surface area contributed by atoms with Crippen LogP contribution in [0.15, 0.2) is 0 Å². The minimum atomic E-state index is -1.33. The van der Waals surface area contributed by atoms with Gasteiger partial charge in [-0.25, -0.2) is 4.79 Å². The fourth-order valence-corrected chi connectivity index (χ4v) is 2.91. The van der Waals surface area contributed by atoms with Gasteiger partial charge in [-0.3, -0.25) is 19.2 Å². The van der Waals surface area contributed by atoms with Gasteiger partial charge in [0.25, 0.3) is 0 Å². The third-order valence-corrected chi connectivity index (χ3v) is 5.03. The quantitative estimate of drug-likeness (QED) is 0.166. The molecule has 0 aromatic carbocycles. The first-order chi connectivity index (χ1) is 14.3. The summed E-state index contributed by atoms with van der Waals surface area (Å²) >= 11 is 3.91. The number of hydrogen-bond acceptors (Lipinski definition) is 7. The van der Waals surface area contributed by atoms with Crippen molar-refractivity contribution in [2.24, 2.45) is 17.6 Å². The first kappa shape index (κ1) is 28.7. The highest BCUT2D eigenvalue weighted by Crippen LogP contribution is 2.11. The number of carboxylic acids is 2. The zero-order valence-corrected chi connectivity index (χ0v) is 19.1. The third-order valence-electron chi connectivity index (χ3n) is 4.66. The molecular formula is C19H34N4O7S. The molecule has 0 aromatic heterocycles. The molecule has 3 amide bonds. The standard InChI is InChI=1S/C19H34N4O7S/c1-5-10(4)15(18(28)22-13(8-31)19(29)30)23-17(27)12(6-9(2)3)21-16(26)11(20)7-14(24)25/h9-13,15,31H,5-8,20H2,1-4H3,(H,21,26)(H,22,28)(H,23,27)(H,24,25)(H,29,30). The van der Waals surface area contributed by atoms with Gasteiger partial charge in [-0.2, -0.15) is 12.6 Å². The van der Waals surface area contributed by atoms with E-state index in [0.717, 1.165) is 0 Å². The zero-order valence-electron chi connectivity index (χ0n) is 18.3. The van der Waals surface area contributed by atoms with E-state index >= 15 is 0 Å². The lowest BCUT2D eigenvalue weighted by Crippen LogP contribution is -2.59. The largest absolute Gasteiger partial charge is 0.481 e. The monoisotopic (exact) mass is 462 g/mol. The number of aliphatic carboxylic acids is 2. The van der Waals surface area contributed by atoms with Gasteiger partial charge < -0.3 is 31.9 Å². The number of thiol groups is 1. The first-order valence-electron chi connectivity index (χ1n) is 10.1. The number of amides is 3. The Morgan fingerprint density at radius 2 is 1.45 bits per heavy atom. The molecule has 0 aromatic rings. The Labute approximate surface area is 187 Å². The molecule has 0 rings (SSSR count). The van der Waals surface area contributed by atoms with Gasteiger partial charge in [0.1, 0.15) is 18.1 Å². The van der Waals surface area contributed by atoms with Crippen LogP contribution in [0.3, 0.4) is 0 Å². The van der Waals surface area contributed by atoms with Crippen molar-refractivity contribution in [3.63, 3.8) is 0 Å². The average Bonchev–Trinajstić information content (AvgIpc) is 2.67. The van der Waals surface area contributed by atoms with E-state index in [1.807, 2.05) is 20.8 Å². The van der Waals surface area contributed by atoms with Gasteiger partial charge in [-0.1, -0.05) is 34.1 Å². The van der Waals surface area contributed by atoms with Crippen LogP contribution in [0.5, 0.6) is 0 Å². The van der Waals surface area contributed by atoms with E-state index in [-0.39, 0.29) is 24.0 Å². The molecule has 5 atom stereocenters. The Kier molecular flexibility index (Phi) is 12.8. The number of carbonyl (C=O) groups is 5. The summed E-state index contributed by atoms with van der Waals surface area (Å²) in [6.45, 7) is 7.18. The summed E-state index contributed by atoms with van der Waals surface area (Å²) in [7, 11) is 0. The van der Waals surface area contributed by atoms with Crippen LogP contribution in [0.25, 0.3) is 0 Å². The van der Waals surface area contributed by atoms with E-state index in [1.165, 1.54) is 0 Å². The van der Waals surface area contributed by atoms with Crippen LogP contribution >= 0.6 is 12.6 Å². The maximum atomic E-state index is 12.9. The number of rotatable bonds is 14. The van der Waals surface area contributed by atoms with Crippen LogP contribution in [0, 0.1) is 11.8 Å². The number of nitrogens with one attached hydrogen (secondary N) is 3. The molecule has 0 spiro atoms. The van der Waals surface area contributed by atoms with Gasteiger partial charge in [0.05, 0.1) is 12.5 Å². The Morgan fingerprint density at radius 3 is 1.87 bits per heavy atom. The van der Waals surface area contributed by atoms with Crippen LogP contribution in [-0.2, 0) is 24.0 Å². The molecule has 178 valence electrons. The summed E-state index contributed by atoms with van der Waals surface area (Å²) in [4.78, 5) is 59.7. The third kappa shape index (κ3) is 10.5. The molecule has 0 saturated carbocycles. The van der Waals surface area contributed by atoms with Crippen molar-refractivity contribution in [1.82, 2.24) is 16.0 Å². The maximum Gasteiger partial charge on any atom is 0.327 e. The van der Waals surface area contributed by atoms with Crippen LogP contribution < -0.4 is 21.7 Å². The smallest absolute Gasteiger partial charge is 0.327 e. The lowest BCUT2D eigenvalue weighted by molar-refractivity contribution is -0.142. The number of carbonyl (C=O) groups excluding carboxylic acids is 3. The lowest BCUT2D eigenvalue weighted by Gasteiger charge is -2.28. The molecule has 0 aliphatic rings. The molecule has 0 aliphatic heterocycles. The van der Waals surface area contributed by atoms with Gasteiger partial charge in [0.15, 0.2) is 0 Å². The normalized spacial score (nSPS) is 15.8. The van der Waals surface area contributed by atoms with Gasteiger partial charge in [0.2, 0.25) is 17.7 Å². The van der Waals surface area contributed by atoms with Gasteiger partial charge in [0, 0.05) is 5.75 Å². The Morgan fingerprint density at radius 1 is 0.903 bits per heavy atom. The van der Waals surface area contributed by atoms with E-state index < -0.39 is 60.2 Å². The van der Waals surface area contributed by atoms with Crippen molar-refractivity contribution in [1.29, 1.82) is 0 Å². The number of hydrogen-bond donors (Lipinski definition) is 7. The van der Waals surface area contributed by atoms with Gasteiger partial charge in [-0.15, -0.1) is 0 Å². The lowest BCUT2D eigenvalue weighted by atomic mass is 9.96. The summed E-state index contributed by atoms with van der Waals surface area (Å²) in [6.07, 6.45) is 0.141. The maximum absolute atomic E-state index is 12.9. The molecule has 0 saturated heterocycles. The Bertz CT molecular complexity index is 659. The van der Waals surface area contributed by atoms with Crippen LogP contribution in [0.2, 0.25) is 0 Å². The summed E-state index contributed by atoms with van der Waals surface area (Å²) < 4.78 is 0. The summed E-state index contributed by atoms with van der Waals surface area (Å²) in [5, 5.41) is 25.3. The molecule has 5 unspecified atom stereocenters.